The van der Waals surface area contributed by atoms with Gasteiger partial charge in [0.05, 0.1) is 6.54 Å². The van der Waals surface area contributed by atoms with Gasteiger partial charge in [0.1, 0.15) is 0 Å². The summed E-state index contributed by atoms with van der Waals surface area (Å²) in [6.07, 6.45) is 1.29. The SMILES string of the molecule is CNC(=O)c1ccc(CN(C)CC(=O)N2CCC(C(N)=O)CC2)cc1. The summed E-state index contributed by atoms with van der Waals surface area (Å²) in [6, 6.07) is 7.34. The third-order valence-electron chi connectivity index (χ3n) is 4.55. The second-order valence-electron chi connectivity index (χ2n) is 6.51. The predicted molar refractivity (Wildman–Crippen MR) is 94.7 cm³/mol. The van der Waals surface area contributed by atoms with Crippen LogP contribution >= 0.6 is 0 Å². The number of carbonyl (C=O) groups excluding carboxylic acids is 3. The van der Waals surface area contributed by atoms with E-state index in [0.717, 1.165) is 5.56 Å². The fraction of sp³-hybridized carbons (Fsp3) is 0.500. The van der Waals surface area contributed by atoms with Crippen molar-refractivity contribution in [2.45, 2.75) is 19.4 Å². The number of benzene rings is 1. The normalized spacial score (nSPS) is 15.2. The van der Waals surface area contributed by atoms with Crippen molar-refractivity contribution >= 4 is 17.7 Å². The number of likely N-dealkylation sites (N-methyl/N-ethyl adjacent to an activating group) is 1. The van der Waals surface area contributed by atoms with E-state index >= 15 is 0 Å². The molecule has 1 aliphatic heterocycles. The topological polar surface area (TPSA) is 95.7 Å². The first-order chi connectivity index (χ1) is 11.9. The third kappa shape index (κ3) is 5.29. The molecule has 1 fully saturated rings. The maximum atomic E-state index is 12.4. The Balaban J connectivity index is 1.81. The Kier molecular flexibility index (Phi) is 6.52. The molecule has 0 atom stereocenters. The van der Waals surface area contributed by atoms with E-state index in [2.05, 4.69) is 5.32 Å². The molecule has 25 heavy (non-hydrogen) atoms. The van der Waals surface area contributed by atoms with Crippen molar-refractivity contribution in [3.63, 3.8) is 0 Å². The Hall–Kier alpha value is -2.41. The molecule has 1 heterocycles. The zero-order valence-corrected chi connectivity index (χ0v) is 14.8. The van der Waals surface area contributed by atoms with Crippen molar-refractivity contribution in [1.29, 1.82) is 0 Å². The van der Waals surface area contributed by atoms with Gasteiger partial charge in [0.15, 0.2) is 0 Å². The Labute approximate surface area is 148 Å². The Morgan fingerprint density at radius 3 is 2.32 bits per heavy atom. The first-order valence-corrected chi connectivity index (χ1v) is 8.47. The van der Waals surface area contributed by atoms with Gasteiger partial charge in [0.2, 0.25) is 11.8 Å². The van der Waals surface area contributed by atoms with Crippen LogP contribution in [0.3, 0.4) is 0 Å². The molecule has 0 radical (unpaired) electrons. The molecule has 1 aromatic rings. The van der Waals surface area contributed by atoms with Gasteiger partial charge in [-0.15, -0.1) is 0 Å². The van der Waals surface area contributed by atoms with Crippen LogP contribution in [0.15, 0.2) is 24.3 Å². The maximum Gasteiger partial charge on any atom is 0.251 e. The number of nitrogens with two attached hydrogens (primary N) is 1. The summed E-state index contributed by atoms with van der Waals surface area (Å²) in [5, 5.41) is 2.59. The third-order valence-corrected chi connectivity index (χ3v) is 4.55. The lowest BCUT2D eigenvalue weighted by Crippen LogP contribution is -2.45. The highest BCUT2D eigenvalue weighted by Crippen LogP contribution is 2.17. The molecule has 0 unspecified atom stereocenters. The van der Waals surface area contributed by atoms with E-state index < -0.39 is 0 Å². The molecule has 0 spiro atoms. The molecule has 136 valence electrons. The molecule has 3 amide bonds. The van der Waals surface area contributed by atoms with E-state index in [-0.39, 0.29) is 23.6 Å². The molecule has 0 aliphatic carbocycles. The average molecular weight is 346 g/mol. The van der Waals surface area contributed by atoms with E-state index in [0.29, 0.717) is 44.6 Å². The zero-order valence-electron chi connectivity index (χ0n) is 14.8. The van der Waals surface area contributed by atoms with E-state index in [9.17, 15) is 14.4 Å². The quantitative estimate of drug-likeness (QED) is 0.769. The highest BCUT2D eigenvalue weighted by Gasteiger charge is 2.26. The minimum atomic E-state index is -0.274. The van der Waals surface area contributed by atoms with Gasteiger partial charge in [0.25, 0.3) is 5.91 Å². The van der Waals surface area contributed by atoms with Crippen LogP contribution in [0.2, 0.25) is 0 Å². The van der Waals surface area contributed by atoms with Gasteiger partial charge in [-0.25, -0.2) is 0 Å². The van der Waals surface area contributed by atoms with Crippen LogP contribution in [0.25, 0.3) is 0 Å². The van der Waals surface area contributed by atoms with Gasteiger partial charge in [-0.05, 0) is 37.6 Å². The second-order valence-corrected chi connectivity index (χ2v) is 6.51. The maximum absolute atomic E-state index is 12.4. The lowest BCUT2D eigenvalue weighted by Gasteiger charge is -2.31. The van der Waals surface area contributed by atoms with Crippen LogP contribution in [0, 0.1) is 5.92 Å². The van der Waals surface area contributed by atoms with Crippen molar-refractivity contribution < 1.29 is 14.4 Å². The van der Waals surface area contributed by atoms with Gasteiger partial charge in [-0.1, -0.05) is 12.1 Å². The fourth-order valence-corrected chi connectivity index (χ4v) is 3.02. The van der Waals surface area contributed by atoms with Crippen molar-refractivity contribution in [3.05, 3.63) is 35.4 Å². The lowest BCUT2D eigenvalue weighted by molar-refractivity contribution is -0.135. The molecule has 0 saturated carbocycles. The summed E-state index contributed by atoms with van der Waals surface area (Å²) < 4.78 is 0. The number of rotatable bonds is 6. The molecule has 1 saturated heterocycles. The number of amides is 3. The standard InChI is InChI=1S/C18H26N4O3/c1-20-18(25)15-5-3-13(4-6-15)11-21(2)12-16(23)22-9-7-14(8-10-22)17(19)24/h3-6,14H,7-12H2,1-2H3,(H2,19,24)(H,20,25). The highest BCUT2D eigenvalue weighted by atomic mass is 16.2. The number of piperidine rings is 1. The van der Waals surface area contributed by atoms with Crippen molar-refractivity contribution in [1.82, 2.24) is 15.1 Å². The van der Waals surface area contributed by atoms with Crippen LogP contribution in [-0.4, -0.2) is 61.3 Å². The molecule has 1 aromatic carbocycles. The molecule has 0 aromatic heterocycles. The van der Waals surface area contributed by atoms with Crippen molar-refractivity contribution in [2.75, 3.05) is 33.7 Å². The van der Waals surface area contributed by atoms with Gasteiger partial charge in [-0.2, -0.15) is 0 Å². The second kappa shape index (κ2) is 8.62. The Morgan fingerprint density at radius 2 is 1.80 bits per heavy atom. The van der Waals surface area contributed by atoms with Crippen molar-refractivity contribution in [3.8, 4) is 0 Å². The number of carbonyl (C=O) groups is 3. The predicted octanol–water partition coefficient (Wildman–Crippen LogP) is 0.202. The molecule has 0 bridgehead atoms. The largest absolute Gasteiger partial charge is 0.369 e. The number of nitrogens with zero attached hydrogens (tertiary/aromatic N) is 2. The van der Waals surface area contributed by atoms with Crippen LogP contribution in [-0.2, 0) is 16.1 Å². The summed E-state index contributed by atoms with van der Waals surface area (Å²) in [4.78, 5) is 38.8. The summed E-state index contributed by atoms with van der Waals surface area (Å²) in [5.74, 6) is -0.438. The minimum Gasteiger partial charge on any atom is -0.369 e. The number of primary amides is 1. The van der Waals surface area contributed by atoms with E-state index in [1.54, 1.807) is 24.1 Å². The minimum absolute atomic E-state index is 0.0624. The molecule has 2 rings (SSSR count). The molecule has 1 aliphatic rings. The van der Waals surface area contributed by atoms with Crippen LogP contribution in [0.1, 0.15) is 28.8 Å². The van der Waals surface area contributed by atoms with E-state index in [1.165, 1.54) is 0 Å². The molecule has 7 nitrogen and oxygen atoms in total. The van der Waals surface area contributed by atoms with Gasteiger partial charge < -0.3 is 16.0 Å². The number of nitrogens with one attached hydrogen (secondary N) is 1. The Morgan fingerprint density at radius 1 is 1.20 bits per heavy atom. The number of hydrogen-bond acceptors (Lipinski definition) is 4. The first-order valence-electron chi connectivity index (χ1n) is 8.47. The Bertz CT molecular complexity index is 622. The first kappa shape index (κ1) is 18.9. The monoisotopic (exact) mass is 346 g/mol. The summed E-state index contributed by atoms with van der Waals surface area (Å²) >= 11 is 0. The van der Waals surface area contributed by atoms with Gasteiger partial charge >= 0.3 is 0 Å². The molecule has 3 N–H and O–H groups in total. The summed E-state index contributed by atoms with van der Waals surface area (Å²) in [6.45, 7) is 2.11. The zero-order chi connectivity index (χ0) is 18.4. The van der Waals surface area contributed by atoms with Crippen molar-refractivity contribution in [2.24, 2.45) is 11.7 Å². The van der Waals surface area contributed by atoms with E-state index in [4.69, 9.17) is 5.73 Å². The van der Waals surface area contributed by atoms with Gasteiger partial charge in [0, 0.05) is 38.2 Å². The number of likely N-dealkylation sites (tertiary alicyclic amines) is 1. The van der Waals surface area contributed by atoms with Crippen LogP contribution in [0.4, 0.5) is 0 Å². The van der Waals surface area contributed by atoms with E-state index in [1.807, 2.05) is 24.1 Å². The summed E-state index contributed by atoms with van der Waals surface area (Å²) in [5.41, 5.74) is 6.97. The fourth-order valence-electron chi connectivity index (χ4n) is 3.02. The summed E-state index contributed by atoms with van der Waals surface area (Å²) in [7, 11) is 3.49. The van der Waals surface area contributed by atoms with Crippen LogP contribution < -0.4 is 11.1 Å². The van der Waals surface area contributed by atoms with Crippen LogP contribution in [0.5, 0.6) is 0 Å². The molecule has 7 heteroatoms. The number of hydrogen-bond donors (Lipinski definition) is 2. The smallest absolute Gasteiger partial charge is 0.251 e. The highest BCUT2D eigenvalue weighted by molar-refractivity contribution is 5.93. The lowest BCUT2D eigenvalue weighted by atomic mass is 9.96. The average Bonchev–Trinajstić information content (AvgIpc) is 2.61. The molecular weight excluding hydrogens is 320 g/mol. The molecular formula is C18H26N4O3. The van der Waals surface area contributed by atoms with Gasteiger partial charge in [-0.3, -0.25) is 19.3 Å².